The van der Waals surface area contributed by atoms with Gasteiger partial charge >= 0.3 is 5.97 Å². The van der Waals surface area contributed by atoms with E-state index in [0.29, 0.717) is 12.0 Å². The summed E-state index contributed by atoms with van der Waals surface area (Å²) in [5, 5.41) is 12.5. The molecule has 1 aliphatic carbocycles. The van der Waals surface area contributed by atoms with Crippen molar-refractivity contribution in [1.82, 2.24) is 10.2 Å². The van der Waals surface area contributed by atoms with E-state index < -0.39 is 5.97 Å². The molecule has 0 amide bonds. The minimum Gasteiger partial charge on any atom is -0.480 e. The number of carboxylic acid groups (broad SMARTS) is 1. The molecule has 2 aliphatic rings. The Kier molecular flexibility index (Phi) is 3.82. The largest absolute Gasteiger partial charge is 0.480 e. The van der Waals surface area contributed by atoms with Crippen LogP contribution in [0.3, 0.4) is 0 Å². The van der Waals surface area contributed by atoms with Gasteiger partial charge in [0.05, 0.1) is 0 Å². The van der Waals surface area contributed by atoms with Crippen molar-refractivity contribution in [1.29, 1.82) is 0 Å². The molecule has 1 atom stereocenters. The van der Waals surface area contributed by atoms with Crippen molar-refractivity contribution in [2.45, 2.75) is 44.7 Å². The summed E-state index contributed by atoms with van der Waals surface area (Å²) in [5.74, 6) is -0.276. The average Bonchev–Trinajstić information content (AvgIpc) is 3.10. The zero-order valence-corrected chi connectivity index (χ0v) is 9.98. The van der Waals surface area contributed by atoms with Crippen molar-refractivity contribution < 1.29 is 9.90 Å². The lowest BCUT2D eigenvalue weighted by atomic mass is 10.0. The first kappa shape index (κ1) is 11.9. The molecule has 4 nitrogen and oxygen atoms in total. The van der Waals surface area contributed by atoms with Crippen LogP contribution in [0.4, 0.5) is 0 Å². The molecule has 0 aromatic heterocycles. The fourth-order valence-corrected chi connectivity index (χ4v) is 2.51. The number of likely N-dealkylation sites (tertiary alicyclic amines) is 1. The van der Waals surface area contributed by atoms with Crippen LogP contribution in [0.25, 0.3) is 0 Å². The number of hydrogen-bond donors (Lipinski definition) is 2. The van der Waals surface area contributed by atoms with Crippen LogP contribution in [0.1, 0.15) is 32.6 Å². The lowest BCUT2D eigenvalue weighted by Crippen LogP contribution is -2.49. The number of carbonyl (C=O) groups is 1. The van der Waals surface area contributed by atoms with Crippen LogP contribution in [0, 0.1) is 5.92 Å². The van der Waals surface area contributed by atoms with E-state index in [1.807, 2.05) is 0 Å². The summed E-state index contributed by atoms with van der Waals surface area (Å²) in [4.78, 5) is 13.5. The standard InChI is InChI=1S/C12H22N2O2/c1-2-14-7-5-10(6-8-14)13-11(12(15)16)9-3-4-9/h9-11,13H,2-8H2,1H3,(H,15,16). The van der Waals surface area contributed by atoms with Gasteiger partial charge in [-0.2, -0.15) is 0 Å². The second-order valence-corrected chi connectivity index (χ2v) is 5.03. The lowest BCUT2D eigenvalue weighted by Gasteiger charge is -2.33. The van der Waals surface area contributed by atoms with Gasteiger partial charge in [0, 0.05) is 6.04 Å². The second kappa shape index (κ2) is 5.15. The number of nitrogens with zero attached hydrogens (tertiary/aromatic N) is 1. The Labute approximate surface area is 97.0 Å². The minimum atomic E-state index is -0.666. The highest BCUT2D eigenvalue weighted by molar-refractivity contribution is 5.74. The van der Waals surface area contributed by atoms with E-state index in [1.54, 1.807) is 0 Å². The first-order valence-electron chi connectivity index (χ1n) is 6.42. The Morgan fingerprint density at radius 2 is 2.00 bits per heavy atom. The quantitative estimate of drug-likeness (QED) is 0.732. The molecule has 1 aliphatic heterocycles. The minimum absolute atomic E-state index is 0.293. The van der Waals surface area contributed by atoms with Crippen molar-refractivity contribution in [2.24, 2.45) is 5.92 Å². The Hall–Kier alpha value is -0.610. The molecule has 2 rings (SSSR count). The summed E-state index contributed by atoms with van der Waals surface area (Å²) in [7, 11) is 0. The van der Waals surface area contributed by atoms with Crippen molar-refractivity contribution in [3.63, 3.8) is 0 Å². The van der Waals surface area contributed by atoms with Gasteiger partial charge < -0.3 is 15.3 Å². The normalized spacial score (nSPS) is 25.6. The number of carboxylic acids is 1. The van der Waals surface area contributed by atoms with E-state index >= 15 is 0 Å². The molecule has 92 valence electrons. The molecule has 0 aromatic rings. The van der Waals surface area contributed by atoms with Crippen molar-refractivity contribution in [2.75, 3.05) is 19.6 Å². The van der Waals surface area contributed by atoms with Gasteiger partial charge in [-0.1, -0.05) is 6.92 Å². The van der Waals surface area contributed by atoms with E-state index in [2.05, 4.69) is 17.1 Å². The van der Waals surface area contributed by atoms with Crippen LogP contribution in [-0.4, -0.2) is 47.7 Å². The SMILES string of the molecule is CCN1CCC(NC(C(=O)O)C2CC2)CC1. The topological polar surface area (TPSA) is 52.6 Å². The van der Waals surface area contributed by atoms with Crippen LogP contribution in [0.5, 0.6) is 0 Å². The van der Waals surface area contributed by atoms with Gasteiger partial charge in [0.25, 0.3) is 0 Å². The number of aliphatic carboxylic acids is 1. The third-order valence-electron chi connectivity index (χ3n) is 3.81. The monoisotopic (exact) mass is 226 g/mol. The second-order valence-electron chi connectivity index (χ2n) is 5.03. The summed E-state index contributed by atoms with van der Waals surface area (Å²) in [6, 6.07) is 0.114. The third-order valence-corrected chi connectivity index (χ3v) is 3.81. The van der Waals surface area contributed by atoms with Crippen molar-refractivity contribution in [3.8, 4) is 0 Å². The van der Waals surface area contributed by atoms with Crippen LogP contribution >= 0.6 is 0 Å². The Morgan fingerprint density at radius 1 is 1.38 bits per heavy atom. The molecule has 0 spiro atoms. The first-order valence-corrected chi connectivity index (χ1v) is 6.42. The number of nitrogens with one attached hydrogen (secondary N) is 1. The van der Waals surface area contributed by atoms with Gasteiger partial charge in [-0.05, 0) is 51.2 Å². The molecule has 2 N–H and O–H groups in total. The summed E-state index contributed by atoms with van der Waals surface area (Å²) in [6.45, 7) is 5.49. The zero-order valence-electron chi connectivity index (χ0n) is 9.98. The lowest BCUT2D eigenvalue weighted by molar-refractivity contribution is -0.140. The average molecular weight is 226 g/mol. The van der Waals surface area contributed by atoms with Gasteiger partial charge in [0.15, 0.2) is 0 Å². The van der Waals surface area contributed by atoms with E-state index in [-0.39, 0.29) is 6.04 Å². The van der Waals surface area contributed by atoms with E-state index in [0.717, 1.165) is 45.3 Å². The fourth-order valence-electron chi connectivity index (χ4n) is 2.51. The maximum atomic E-state index is 11.1. The predicted molar refractivity (Wildman–Crippen MR) is 62.4 cm³/mol. The molecule has 0 bridgehead atoms. The van der Waals surface area contributed by atoms with Gasteiger partial charge in [-0.3, -0.25) is 4.79 Å². The molecular formula is C12H22N2O2. The van der Waals surface area contributed by atoms with Crippen LogP contribution < -0.4 is 5.32 Å². The molecule has 16 heavy (non-hydrogen) atoms. The molecule has 4 heteroatoms. The Morgan fingerprint density at radius 3 is 2.44 bits per heavy atom. The molecular weight excluding hydrogens is 204 g/mol. The van der Waals surface area contributed by atoms with E-state index in [4.69, 9.17) is 5.11 Å². The molecule has 1 unspecified atom stereocenters. The smallest absolute Gasteiger partial charge is 0.320 e. The van der Waals surface area contributed by atoms with Crippen LogP contribution in [0.2, 0.25) is 0 Å². The summed E-state index contributed by atoms with van der Waals surface area (Å²) >= 11 is 0. The van der Waals surface area contributed by atoms with Gasteiger partial charge in [0.2, 0.25) is 0 Å². The fraction of sp³-hybridized carbons (Fsp3) is 0.917. The highest BCUT2D eigenvalue weighted by atomic mass is 16.4. The summed E-state index contributed by atoms with van der Waals surface area (Å²) in [6.07, 6.45) is 4.34. The molecule has 0 radical (unpaired) electrons. The highest BCUT2D eigenvalue weighted by Crippen LogP contribution is 2.33. The van der Waals surface area contributed by atoms with Crippen molar-refractivity contribution in [3.05, 3.63) is 0 Å². The van der Waals surface area contributed by atoms with Crippen LogP contribution in [0.15, 0.2) is 0 Å². The number of rotatable bonds is 5. The molecule has 2 fully saturated rings. The Bertz CT molecular complexity index is 245. The molecule has 1 saturated heterocycles. The van der Waals surface area contributed by atoms with E-state index in [1.165, 1.54) is 0 Å². The first-order chi connectivity index (χ1) is 7.70. The summed E-state index contributed by atoms with van der Waals surface area (Å²) < 4.78 is 0. The molecule has 0 aromatic carbocycles. The third kappa shape index (κ3) is 2.95. The Balaban J connectivity index is 1.78. The zero-order chi connectivity index (χ0) is 11.5. The maximum absolute atomic E-state index is 11.1. The number of hydrogen-bond acceptors (Lipinski definition) is 3. The van der Waals surface area contributed by atoms with E-state index in [9.17, 15) is 4.79 Å². The highest BCUT2D eigenvalue weighted by Gasteiger charge is 2.37. The predicted octanol–water partition coefficient (Wildman–Crippen LogP) is 0.923. The van der Waals surface area contributed by atoms with Gasteiger partial charge in [-0.25, -0.2) is 0 Å². The number of piperidine rings is 1. The molecule has 1 heterocycles. The summed E-state index contributed by atoms with van der Waals surface area (Å²) in [5.41, 5.74) is 0. The van der Waals surface area contributed by atoms with Gasteiger partial charge in [0.1, 0.15) is 6.04 Å². The maximum Gasteiger partial charge on any atom is 0.320 e. The van der Waals surface area contributed by atoms with Crippen molar-refractivity contribution >= 4 is 5.97 Å². The van der Waals surface area contributed by atoms with Crippen LogP contribution in [-0.2, 0) is 4.79 Å². The van der Waals surface area contributed by atoms with Gasteiger partial charge in [-0.15, -0.1) is 0 Å². The molecule has 1 saturated carbocycles.